The van der Waals surface area contributed by atoms with Gasteiger partial charge in [0.25, 0.3) is 0 Å². The average molecular weight is 302 g/mol. The minimum absolute atomic E-state index is 0.0458. The van der Waals surface area contributed by atoms with Crippen molar-refractivity contribution in [3.05, 3.63) is 29.3 Å². The maximum Gasteiger partial charge on any atom is 0.127 e. The SMILES string of the molecule is CCN(C)C[C@H]1CCN(Cc2cccc3c2OC(C)(C)C3)C1. The van der Waals surface area contributed by atoms with Gasteiger partial charge < -0.3 is 9.64 Å². The van der Waals surface area contributed by atoms with Crippen LogP contribution in [0.25, 0.3) is 0 Å². The molecule has 0 aromatic heterocycles. The second-order valence-electron chi connectivity index (χ2n) is 7.69. The number of para-hydroxylation sites is 1. The van der Waals surface area contributed by atoms with Gasteiger partial charge in [-0.25, -0.2) is 0 Å². The zero-order chi connectivity index (χ0) is 15.7. The summed E-state index contributed by atoms with van der Waals surface area (Å²) in [6.45, 7) is 12.4. The van der Waals surface area contributed by atoms with Gasteiger partial charge in [-0.1, -0.05) is 25.1 Å². The first-order chi connectivity index (χ1) is 10.5. The lowest BCUT2D eigenvalue weighted by Crippen LogP contribution is -2.28. The summed E-state index contributed by atoms with van der Waals surface area (Å²) in [5, 5.41) is 0. The van der Waals surface area contributed by atoms with Gasteiger partial charge in [0.1, 0.15) is 11.4 Å². The normalized spacial score (nSPS) is 23.8. The van der Waals surface area contributed by atoms with Crippen molar-refractivity contribution < 1.29 is 4.74 Å². The zero-order valence-corrected chi connectivity index (χ0v) is 14.6. The van der Waals surface area contributed by atoms with Gasteiger partial charge in [0, 0.05) is 31.6 Å². The number of fused-ring (bicyclic) bond motifs is 1. The van der Waals surface area contributed by atoms with Crippen LogP contribution in [0.1, 0.15) is 38.3 Å². The summed E-state index contributed by atoms with van der Waals surface area (Å²) in [4.78, 5) is 5.03. The largest absolute Gasteiger partial charge is 0.487 e. The second kappa shape index (κ2) is 6.21. The van der Waals surface area contributed by atoms with Crippen molar-refractivity contribution in [1.29, 1.82) is 0 Å². The smallest absolute Gasteiger partial charge is 0.127 e. The molecule has 1 saturated heterocycles. The van der Waals surface area contributed by atoms with E-state index >= 15 is 0 Å². The van der Waals surface area contributed by atoms with Crippen LogP contribution in [0.2, 0.25) is 0 Å². The third-order valence-corrected chi connectivity index (χ3v) is 5.05. The van der Waals surface area contributed by atoms with Gasteiger partial charge in [-0.15, -0.1) is 0 Å². The van der Waals surface area contributed by atoms with Crippen LogP contribution < -0.4 is 4.74 Å². The number of ether oxygens (including phenoxy) is 1. The molecule has 1 aromatic carbocycles. The molecule has 3 nitrogen and oxygen atoms in total. The highest BCUT2D eigenvalue weighted by atomic mass is 16.5. The number of hydrogen-bond donors (Lipinski definition) is 0. The lowest BCUT2D eigenvalue weighted by atomic mass is 10.0. The maximum atomic E-state index is 6.21. The molecular formula is C19H30N2O. The fourth-order valence-electron chi connectivity index (χ4n) is 3.82. The molecule has 122 valence electrons. The number of benzene rings is 1. The van der Waals surface area contributed by atoms with E-state index in [-0.39, 0.29) is 5.60 Å². The number of nitrogens with zero attached hydrogens (tertiary/aromatic N) is 2. The van der Waals surface area contributed by atoms with Crippen LogP contribution in [-0.4, -0.2) is 48.6 Å². The molecule has 0 bridgehead atoms. The van der Waals surface area contributed by atoms with E-state index in [0.29, 0.717) is 0 Å². The van der Waals surface area contributed by atoms with Crippen LogP contribution >= 0.6 is 0 Å². The fraction of sp³-hybridized carbons (Fsp3) is 0.684. The Bertz CT molecular complexity index is 526. The molecule has 0 radical (unpaired) electrons. The Kier molecular flexibility index (Phi) is 4.47. The summed E-state index contributed by atoms with van der Waals surface area (Å²) in [6, 6.07) is 6.65. The van der Waals surface area contributed by atoms with Crippen molar-refractivity contribution in [2.45, 2.75) is 45.8 Å². The topological polar surface area (TPSA) is 15.7 Å². The van der Waals surface area contributed by atoms with Crippen LogP contribution in [0, 0.1) is 5.92 Å². The zero-order valence-electron chi connectivity index (χ0n) is 14.6. The van der Waals surface area contributed by atoms with Crippen LogP contribution in [0.3, 0.4) is 0 Å². The summed E-state index contributed by atoms with van der Waals surface area (Å²) < 4.78 is 6.21. The third-order valence-electron chi connectivity index (χ3n) is 5.05. The monoisotopic (exact) mass is 302 g/mol. The molecule has 0 saturated carbocycles. The number of rotatable bonds is 5. The highest BCUT2D eigenvalue weighted by Gasteiger charge is 2.32. The lowest BCUT2D eigenvalue weighted by Gasteiger charge is -2.22. The van der Waals surface area contributed by atoms with E-state index in [9.17, 15) is 0 Å². The molecule has 2 aliphatic rings. The van der Waals surface area contributed by atoms with Crippen molar-refractivity contribution in [3.63, 3.8) is 0 Å². The molecule has 2 aliphatic heterocycles. The first-order valence-corrected chi connectivity index (χ1v) is 8.67. The van der Waals surface area contributed by atoms with Gasteiger partial charge >= 0.3 is 0 Å². The molecule has 1 fully saturated rings. The van der Waals surface area contributed by atoms with E-state index in [0.717, 1.165) is 31.2 Å². The highest BCUT2D eigenvalue weighted by molar-refractivity contribution is 5.45. The lowest BCUT2D eigenvalue weighted by molar-refractivity contribution is 0.135. The molecule has 0 unspecified atom stereocenters. The Morgan fingerprint density at radius 3 is 2.95 bits per heavy atom. The second-order valence-corrected chi connectivity index (χ2v) is 7.69. The van der Waals surface area contributed by atoms with Gasteiger partial charge in [-0.2, -0.15) is 0 Å². The average Bonchev–Trinajstić information content (AvgIpc) is 3.01. The van der Waals surface area contributed by atoms with Gasteiger partial charge in [-0.05, 0) is 51.9 Å². The Balaban J connectivity index is 1.63. The molecule has 0 amide bonds. The van der Waals surface area contributed by atoms with Crippen LogP contribution in [0.4, 0.5) is 0 Å². The van der Waals surface area contributed by atoms with E-state index in [1.807, 2.05) is 0 Å². The Hall–Kier alpha value is -1.06. The van der Waals surface area contributed by atoms with Gasteiger partial charge in [0.15, 0.2) is 0 Å². The van der Waals surface area contributed by atoms with Gasteiger partial charge in [0.05, 0.1) is 0 Å². The number of likely N-dealkylation sites (tertiary alicyclic amines) is 1. The summed E-state index contributed by atoms with van der Waals surface area (Å²) in [6.07, 6.45) is 2.35. The molecule has 22 heavy (non-hydrogen) atoms. The predicted octanol–water partition coefficient (Wildman–Crippen LogP) is 3.17. The Morgan fingerprint density at radius 2 is 2.18 bits per heavy atom. The maximum absolute atomic E-state index is 6.21. The van der Waals surface area contributed by atoms with E-state index in [1.165, 1.54) is 37.2 Å². The van der Waals surface area contributed by atoms with Crippen molar-refractivity contribution in [2.75, 3.05) is 33.2 Å². The van der Waals surface area contributed by atoms with Gasteiger partial charge in [-0.3, -0.25) is 4.90 Å². The molecule has 0 aliphatic carbocycles. The van der Waals surface area contributed by atoms with E-state index in [4.69, 9.17) is 4.74 Å². The van der Waals surface area contributed by atoms with Crippen molar-refractivity contribution in [2.24, 2.45) is 5.92 Å². The first-order valence-electron chi connectivity index (χ1n) is 8.67. The van der Waals surface area contributed by atoms with Crippen molar-refractivity contribution >= 4 is 0 Å². The third kappa shape index (κ3) is 3.47. The standard InChI is InChI=1S/C19H30N2O/c1-5-20(4)12-15-9-10-21(13-15)14-17-8-6-7-16-11-19(2,3)22-18(16)17/h6-8,15H,5,9-14H2,1-4H3/t15-/m1/s1. The van der Waals surface area contributed by atoms with E-state index in [2.05, 4.69) is 55.8 Å². The predicted molar refractivity (Wildman–Crippen MR) is 91.4 cm³/mol. The summed E-state index contributed by atoms with van der Waals surface area (Å²) in [5.41, 5.74) is 2.70. The Labute approximate surface area is 135 Å². The minimum atomic E-state index is -0.0458. The minimum Gasteiger partial charge on any atom is -0.487 e. The first kappa shape index (κ1) is 15.8. The molecular weight excluding hydrogens is 272 g/mol. The van der Waals surface area contributed by atoms with E-state index in [1.54, 1.807) is 0 Å². The molecule has 3 rings (SSSR count). The van der Waals surface area contributed by atoms with Crippen molar-refractivity contribution in [3.8, 4) is 5.75 Å². The van der Waals surface area contributed by atoms with E-state index < -0.39 is 0 Å². The molecule has 0 spiro atoms. The summed E-state index contributed by atoms with van der Waals surface area (Å²) in [7, 11) is 2.22. The van der Waals surface area contributed by atoms with Crippen molar-refractivity contribution in [1.82, 2.24) is 9.80 Å². The molecule has 3 heteroatoms. The highest BCUT2D eigenvalue weighted by Crippen LogP contribution is 2.38. The molecule has 2 heterocycles. The van der Waals surface area contributed by atoms with Crippen LogP contribution in [-0.2, 0) is 13.0 Å². The fourth-order valence-corrected chi connectivity index (χ4v) is 3.82. The Morgan fingerprint density at radius 1 is 1.36 bits per heavy atom. The molecule has 0 N–H and O–H groups in total. The molecule has 1 atom stereocenters. The molecule has 1 aromatic rings. The van der Waals surface area contributed by atoms with Crippen LogP contribution in [0.15, 0.2) is 18.2 Å². The quantitative estimate of drug-likeness (QED) is 0.831. The summed E-state index contributed by atoms with van der Waals surface area (Å²) >= 11 is 0. The van der Waals surface area contributed by atoms with Crippen LogP contribution in [0.5, 0.6) is 5.75 Å². The number of hydrogen-bond acceptors (Lipinski definition) is 3. The van der Waals surface area contributed by atoms with Gasteiger partial charge in [0.2, 0.25) is 0 Å². The summed E-state index contributed by atoms with van der Waals surface area (Å²) in [5.74, 6) is 1.97.